The van der Waals surface area contributed by atoms with E-state index in [1.54, 1.807) is 30.7 Å². The van der Waals surface area contributed by atoms with Crippen molar-refractivity contribution in [2.24, 2.45) is 5.92 Å². The quantitative estimate of drug-likeness (QED) is 0.355. The molecule has 0 radical (unpaired) electrons. The third-order valence-corrected chi connectivity index (χ3v) is 6.92. The van der Waals surface area contributed by atoms with Gasteiger partial charge in [0.25, 0.3) is 0 Å². The van der Waals surface area contributed by atoms with Crippen molar-refractivity contribution in [3.63, 3.8) is 0 Å². The molecule has 0 saturated carbocycles. The summed E-state index contributed by atoms with van der Waals surface area (Å²) in [6, 6.07) is 13.5. The molecule has 1 amide bonds. The van der Waals surface area contributed by atoms with Crippen LogP contribution in [0.4, 0.5) is 0 Å². The lowest BCUT2D eigenvalue weighted by Gasteiger charge is -2.30. The number of nitrogens with one attached hydrogen (secondary N) is 1. The summed E-state index contributed by atoms with van der Waals surface area (Å²) in [4.78, 5) is 23.5. The number of hydrogen-bond donors (Lipinski definition) is 1. The zero-order valence-electron chi connectivity index (χ0n) is 19.6. The molecule has 1 fully saturated rings. The van der Waals surface area contributed by atoms with Crippen molar-refractivity contribution in [3.05, 3.63) is 88.2 Å². The Morgan fingerprint density at radius 2 is 1.83 bits per heavy atom. The molecule has 0 spiro atoms. The molecule has 0 aliphatic carbocycles. The fraction of sp³-hybridized carbons (Fsp3) is 0.308. The van der Waals surface area contributed by atoms with Crippen LogP contribution in [0.5, 0.6) is 0 Å². The van der Waals surface area contributed by atoms with E-state index in [1.807, 2.05) is 10.8 Å². The number of likely N-dealkylation sites (tertiary alicyclic amines) is 1. The molecule has 36 heavy (non-hydrogen) atoms. The maximum Gasteiger partial charge on any atom is 0.241 e. The van der Waals surface area contributed by atoms with Crippen LogP contribution in [0.3, 0.4) is 0 Å². The van der Waals surface area contributed by atoms with Crippen LogP contribution in [-0.4, -0.2) is 43.6 Å². The summed E-state index contributed by atoms with van der Waals surface area (Å²) in [7, 11) is 0. The second-order valence-corrected chi connectivity index (χ2v) is 9.80. The molecule has 0 atom stereocenters. The molecule has 2 aromatic carbocycles. The average molecular weight is 525 g/mol. The first-order valence-electron chi connectivity index (χ1n) is 11.8. The van der Waals surface area contributed by atoms with Gasteiger partial charge in [-0.2, -0.15) is 4.98 Å². The van der Waals surface area contributed by atoms with Crippen LogP contribution in [0.15, 0.2) is 65.7 Å². The summed E-state index contributed by atoms with van der Waals surface area (Å²) >= 11 is 12.2. The molecule has 4 aromatic rings. The number of carbonyl (C=O) groups is 1. The highest BCUT2D eigenvalue weighted by atomic mass is 35.5. The number of amides is 1. The monoisotopic (exact) mass is 524 g/mol. The van der Waals surface area contributed by atoms with Gasteiger partial charge >= 0.3 is 0 Å². The van der Waals surface area contributed by atoms with Crippen LogP contribution in [0, 0.1) is 5.92 Å². The van der Waals surface area contributed by atoms with Crippen LogP contribution in [0.1, 0.15) is 29.9 Å². The predicted octanol–water partition coefficient (Wildman–Crippen LogP) is 4.82. The Hall–Kier alpha value is -3.20. The largest absolute Gasteiger partial charge is 0.352 e. The molecule has 5 rings (SSSR count). The maximum absolute atomic E-state index is 12.7. The van der Waals surface area contributed by atoms with E-state index in [2.05, 4.69) is 49.6 Å². The molecule has 1 aliphatic rings. The molecule has 2 aromatic heterocycles. The van der Waals surface area contributed by atoms with Gasteiger partial charge in [-0.05, 0) is 55.3 Å². The number of hydrogen-bond acceptors (Lipinski definition) is 6. The third-order valence-electron chi connectivity index (χ3n) is 6.37. The highest BCUT2D eigenvalue weighted by Gasteiger charge is 2.26. The first-order valence-corrected chi connectivity index (χ1v) is 12.6. The molecule has 1 saturated heterocycles. The van der Waals surface area contributed by atoms with Gasteiger partial charge in [-0.25, -0.2) is 4.98 Å². The molecular formula is C26H26Cl2N6O2. The van der Waals surface area contributed by atoms with Crippen LogP contribution in [0.25, 0.3) is 11.4 Å². The lowest BCUT2D eigenvalue weighted by molar-refractivity contribution is -0.126. The third kappa shape index (κ3) is 6.13. The van der Waals surface area contributed by atoms with Crippen LogP contribution < -0.4 is 5.32 Å². The fourth-order valence-electron chi connectivity index (χ4n) is 4.33. The van der Waals surface area contributed by atoms with Crippen LogP contribution in [0.2, 0.25) is 10.0 Å². The van der Waals surface area contributed by atoms with E-state index in [-0.39, 0.29) is 11.8 Å². The Kier molecular flexibility index (Phi) is 7.65. The van der Waals surface area contributed by atoms with Gasteiger partial charge in [0.15, 0.2) is 0 Å². The van der Waals surface area contributed by atoms with Crippen molar-refractivity contribution in [2.75, 3.05) is 13.1 Å². The van der Waals surface area contributed by atoms with E-state index in [1.165, 1.54) is 5.56 Å². The molecule has 8 nitrogen and oxygen atoms in total. The summed E-state index contributed by atoms with van der Waals surface area (Å²) in [5, 5.41) is 8.18. The van der Waals surface area contributed by atoms with E-state index in [0.29, 0.717) is 40.4 Å². The van der Waals surface area contributed by atoms with Gasteiger partial charge < -0.3 is 14.4 Å². The summed E-state index contributed by atoms with van der Waals surface area (Å²) in [6.45, 7) is 3.44. The average Bonchev–Trinajstić information content (AvgIpc) is 3.56. The Bertz CT molecular complexity index is 1300. The predicted molar refractivity (Wildman–Crippen MR) is 137 cm³/mol. The lowest BCUT2D eigenvalue weighted by atomic mass is 9.96. The SMILES string of the molecule is O=C(NCc1ccc(Cn2ccnc2)cc1)C1CCN(Cc2nc(-c3ccc(Cl)cc3Cl)no2)CC1. The molecule has 1 aliphatic heterocycles. The van der Waals surface area contributed by atoms with E-state index < -0.39 is 0 Å². The second-order valence-electron chi connectivity index (χ2n) is 8.96. The molecular weight excluding hydrogens is 499 g/mol. The van der Waals surface area contributed by atoms with Gasteiger partial charge in [-0.1, -0.05) is 52.6 Å². The summed E-state index contributed by atoms with van der Waals surface area (Å²) in [5.74, 6) is 1.08. The lowest BCUT2D eigenvalue weighted by Crippen LogP contribution is -2.40. The molecule has 0 unspecified atom stereocenters. The number of rotatable bonds is 8. The van der Waals surface area contributed by atoms with Gasteiger partial charge in [-0.3, -0.25) is 9.69 Å². The van der Waals surface area contributed by atoms with Gasteiger partial charge in [0.1, 0.15) is 0 Å². The molecule has 3 heterocycles. The van der Waals surface area contributed by atoms with Crippen LogP contribution >= 0.6 is 23.2 Å². The number of halogens is 2. The summed E-state index contributed by atoms with van der Waals surface area (Å²) in [6.07, 6.45) is 7.10. The minimum Gasteiger partial charge on any atom is -0.352 e. The van der Waals surface area contributed by atoms with E-state index in [0.717, 1.165) is 38.0 Å². The van der Waals surface area contributed by atoms with E-state index >= 15 is 0 Å². The summed E-state index contributed by atoms with van der Waals surface area (Å²) in [5.41, 5.74) is 2.96. The smallest absolute Gasteiger partial charge is 0.241 e. The highest BCUT2D eigenvalue weighted by molar-refractivity contribution is 6.36. The van der Waals surface area contributed by atoms with Crippen molar-refractivity contribution in [2.45, 2.75) is 32.5 Å². The van der Waals surface area contributed by atoms with Crippen molar-refractivity contribution in [1.29, 1.82) is 0 Å². The highest BCUT2D eigenvalue weighted by Crippen LogP contribution is 2.28. The Balaban J connectivity index is 1.06. The summed E-state index contributed by atoms with van der Waals surface area (Å²) < 4.78 is 7.45. The van der Waals surface area contributed by atoms with Gasteiger partial charge in [-0.15, -0.1) is 0 Å². The molecule has 1 N–H and O–H groups in total. The van der Waals surface area contributed by atoms with E-state index in [4.69, 9.17) is 27.7 Å². The zero-order chi connectivity index (χ0) is 24.9. The fourth-order valence-corrected chi connectivity index (χ4v) is 4.82. The molecule has 186 valence electrons. The first kappa shape index (κ1) is 24.5. The van der Waals surface area contributed by atoms with Gasteiger partial charge in [0, 0.05) is 42.0 Å². The van der Waals surface area contributed by atoms with Crippen LogP contribution in [-0.2, 0) is 24.4 Å². The number of imidazole rings is 1. The topological polar surface area (TPSA) is 89.1 Å². The standard InChI is InChI=1S/C26H26Cl2N6O2/c27-21-5-6-22(23(28)13-21)25-31-24(36-32-25)16-33-10-7-20(8-11-33)26(35)30-14-18-1-3-19(4-2-18)15-34-12-9-29-17-34/h1-6,9,12-13,17,20H,7-8,10-11,14-16H2,(H,30,35). The molecule has 0 bridgehead atoms. The minimum absolute atomic E-state index is 0.00730. The second kappa shape index (κ2) is 11.2. The van der Waals surface area contributed by atoms with Crippen molar-refractivity contribution in [1.82, 2.24) is 29.9 Å². The zero-order valence-corrected chi connectivity index (χ0v) is 21.1. The minimum atomic E-state index is 0.00730. The normalized spacial score (nSPS) is 14.7. The maximum atomic E-state index is 12.7. The number of carbonyl (C=O) groups excluding carboxylic acids is 1. The number of benzene rings is 2. The number of aromatic nitrogens is 4. The Morgan fingerprint density at radius 1 is 1.06 bits per heavy atom. The van der Waals surface area contributed by atoms with Crippen molar-refractivity contribution in [3.8, 4) is 11.4 Å². The van der Waals surface area contributed by atoms with Gasteiger partial charge in [0.05, 0.1) is 17.9 Å². The first-order chi connectivity index (χ1) is 17.5. The Labute approximate surface area is 219 Å². The number of piperidine rings is 1. The van der Waals surface area contributed by atoms with E-state index in [9.17, 15) is 4.79 Å². The number of nitrogens with zero attached hydrogens (tertiary/aromatic N) is 5. The molecule has 10 heteroatoms. The Morgan fingerprint density at radius 3 is 2.56 bits per heavy atom. The van der Waals surface area contributed by atoms with Gasteiger partial charge in [0.2, 0.25) is 17.6 Å². The van der Waals surface area contributed by atoms with Crippen molar-refractivity contribution >= 4 is 29.1 Å². The van der Waals surface area contributed by atoms with Crippen molar-refractivity contribution < 1.29 is 9.32 Å².